The molecule has 154 valence electrons. The van der Waals surface area contributed by atoms with Gasteiger partial charge >= 0.3 is 0 Å². The number of aliphatic hydroxyl groups is 1. The standard InChI is InChI=1S/C18H22Cl2N4O2S.CH4/c1-12(2)23-16(25)27-15-21-11-22-24(15)10-18(26,17(20)7-8-17)9-13-5-3-4-6-14(13)19;/h3-6,11-12,26H,7-10H2,1-2H3,(H,23,25);1H4. The Morgan fingerprint density at radius 2 is 2.11 bits per heavy atom. The molecule has 3 rings (SSSR count). The molecular weight excluding hydrogens is 419 g/mol. The number of rotatable bonds is 7. The van der Waals surface area contributed by atoms with Gasteiger partial charge in [-0.3, -0.25) is 4.79 Å². The maximum absolute atomic E-state index is 12.0. The molecule has 0 aliphatic heterocycles. The van der Waals surface area contributed by atoms with Gasteiger partial charge in [0.2, 0.25) is 0 Å². The van der Waals surface area contributed by atoms with E-state index in [2.05, 4.69) is 15.4 Å². The fourth-order valence-corrected chi connectivity index (χ4v) is 4.13. The molecular formula is C19H26Cl2N4O2S. The van der Waals surface area contributed by atoms with Crippen LogP contribution in [0.2, 0.25) is 5.02 Å². The maximum atomic E-state index is 12.0. The van der Waals surface area contributed by atoms with Gasteiger partial charge in [-0.1, -0.05) is 37.2 Å². The zero-order valence-electron chi connectivity index (χ0n) is 15.2. The van der Waals surface area contributed by atoms with Crippen LogP contribution in [-0.2, 0) is 13.0 Å². The molecule has 2 aromatic rings. The van der Waals surface area contributed by atoms with Crippen molar-refractivity contribution < 1.29 is 9.90 Å². The number of hydrogen-bond donors (Lipinski definition) is 2. The Morgan fingerprint density at radius 1 is 1.43 bits per heavy atom. The number of thioether (sulfide) groups is 1. The van der Waals surface area contributed by atoms with Gasteiger partial charge in [-0.2, -0.15) is 5.10 Å². The van der Waals surface area contributed by atoms with Crippen LogP contribution in [0.5, 0.6) is 0 Å². The molecule has 1 aromatic carbocycles. The van der Waals surface area contributed by atoms with Gasteiger partial charge < -0.3 is 10.4 Å². The molecule has 28 heavy (non-hydrogen) atoms. The zero-order chi connectivity index (χ0) is 19.7. The van der Waals surface area contributed by atoms with Gasteiger partial charge in [0.05, 0.1) is 11.4 Å². The molecule has 0 bridgehead atoms. The van der Waals surface area contributed by atoms with Crippen molar-refractivity contribution in [3.63, 3.8) is 0 Å². The van der Waals surface area contributed by atoms with Gasteiger partial charge in [0, 0.05) is 29.2 Å². The van der Waals surface area contributed by atoms with Gasteiger partial charge in [0.15, 0.2) is 5.16 Å². The number of aromatic nitrogens is 3. The van der Waals surface area contributed by atoms with E-state index in [0.717, 1.165) is 17.3 Å². The van der Waals surface area contributed by atoms with E-state index in [1.165, 1.54) is 11.0 Å². The van der Waals surface area contributed by atoms with Crippen molar-refractivity contribution in [1.29, 1.82) is 0 Å². The molecule has 1 aromatic heterocycles. The first-order chi connectivity index (χ1) is 12.7. The van der Waals surface area contributed by atoms with Crippen molar-refractivity contribution >= 4 is 40.2 Å². The Labute approximate surface area is 180 Å². The van der Waals surface area contributed by atoms with Crippen LogP contribution in [0.15, 0.2) is 35.7 Å². The molecule has 2 N–H and O–H groups in total. The summed E-state index contributed by atoms with van der Waals surface area (Å²) in [4.78, 5) is 15.5. The predicted molar refractivity (Wildman–Crippen MR) is 114 cm³/mol. The molecule has 9 heteroatoms. The molecule has 6 nitrogen and oxygen atoms in total. The second-order valence-electron chi connectivity index (χ2n) is 7.15. The third-order valence-corrected chi connectivity index (χ3v) is 6.45. The number of halogens is 2. The Hall–Kier alpha value is -1.28. The Kier molecular flexibility index (Phi) is 7.42. The average Bonchev–Trinajstić information content (AvgIpc) is 3.21. The Bertz CT molecular complexity index is 826. The average molecular weight is 445 g/mol. The number of amides is 1. The van der Waals surface area contributed by atoms with Gasteiger partial charge in [-0.05, 0) is 38.3 Å². The van der Waals surface area contributed by atoms with Crippen LogP contribution in [0.1, 0.15) is 39.7 Å². The van der Waals surface area contributed by atoms with E-state index < -0.39 is 10.5 Å². The van der Waals surface area contributed by atoms with Crippen molar-refractivity contribution in [2.45, 2.75) is 68.8 Å². The van der Waals surface area contributed by atoms with Gasteiger partial charge in [0.1, 0.15) is 11.9 Å². The molecule has 1 aliphatic rings. The van der Waals surface area contributed by atoms with Gasteiger partial charge in [-0.25, -0.2) is 9.67 Å². The normalized spacial score (nSPS) is 16.9. The van der Waals surface area contributed by atoms with Crippen LogP contribution in [0, 0.1) is 0 Å². The highest BCUT2D eigenvalue weighted by molar-refractivity contribution is 8.13. The summed E-state index contributed by atoms with van der Waals surface area (Å²) >= 11 is 13.9. The third kappa shape index (κ3) is 5.20. The summed E-state index contributed by atoms with van der Waals surface area (Å²) in [5.74, 6) is 0. The lowest BCUT2D eigenvalue weighted by atomic mass is 9.89. The quantitative estimate of drug-likeness (QED) is 0.484. The molecule has 0 saturated heterocycles. The Balaban J connectivity index is 0.00000280. The van der Waals surface area contributed by atoms with E-state index in [1.54, 1.807) is 6.07 Å². The van der Waals surface area contributed by atoms with Gasteiger partial charge in [-0.15, -0.1) is 11.6 Å². The molecule has 1 heterocycles. The van der Waals surface area contributed by atoms with Crippen LogP contribution >= 0.6 is 35.0 Å². The minimum atomic E-state index is -1.27. The molecule has 1 amide bonds. The first kappa shape index (κ1) is 23.0. The summed E-state index contributed by atoms with van der Waals surface area (Å²) in [7, 11) is 0. The maximum Gasteiger partial charge on any atom is 0.287 e. The predicted octanol–water partition coefficient (Wildman–Crippen LogP) is 4.52. The summed E-state index contributed by atoms with van der Waals surface area (Å²) in [5, 5.41) is 19.2. The number of alkyl halides is 1. The van der Waals surface area contributed by atoms with E-state index in [-0.39, 0.29) is 25.3 Å². The summed E-state index contributed by atoms with van der Waals surface area (Å²) in [6, 6.07) is 7.41. The van der Waals surface area contributed by atoms with Crippen LogP contribution < -0.4 is 5.32 Å². The second-order valence-corrected chi connectivity index (χ2v) is 9.22. The van der Waals surface area contributed by atoms with Crippen LogP contribution in [0.3, 0.4) is 0 Å². The first-order valence-electron chi connectivity index (χ1n) is 8.73. The van der Waals surface area contributed by atoms with Crippen molar-refractivity contribution in [3.05, 3.63) is 41.2 Å². The molecule has 1 aliphatic carbocycles. The fourth-order valence-electron chi connectivity index (χ4n) is 2.92. The van der Waals surface area contributed by atoms with Crippen molar-refractivity contribution in [2.75, 3.05) is 0 Å². The lowest BCUT2D eigenvalue weighted by Gasteiger charge is -2.33. The number of nitrogens with one attached hydrogen (secondary N) is 1. The first-order valence-corrected chi connectivity index (χ1v) is 10.3. The van der Waals surface area contributed by atoms with E-state index in [4.69, 9.17) is 23.2 Å². The number of benzene rings is 1. The number of carbonyl (C=O) groups is 1. The number of carbonyl (C=O) groups excluding carboxylic acids is 1. The smallest absolute Gasteiger partial charge is 0.287 e. The highest BCUT2D eigenvalue weighted by Crippen LogP contribution is 2.53. The van der Waals surface area contributed by atoms with Crippen molar-refractivity contribution in [3.8, 4) is 0 Å². The van der Waals surface area contributed by atoms with Crippen LogP contribution in [-0.4, -0.2) is 41.6 Å². The monoisotopic (exact) mass is 444 g/mol. The largest absolute Gasteiger partial charge is 0.386 e. The lowest BCUT2D eigenvalue weighted by Crippen LogP contribution is -2.47. The number of hydrogen-bond acceptors (Lipinski definition) is 5. The molecule has 1 saturated carbocycles. The zero-order valence-corrected chi connectivity index (χ0v) is 17.5. The van der Waals surface area contributed by atoms with E-state index >= 15 is 0 Å². The molecule has 0 spiro atoms. The summed E-state index contributed by atoms with van der Waals surface area (Å²) < 4.78 is 1.53. The van der Waals surface area contributed by atoms with Crippen molar-refractivity contribution in [2.24, 2.45) is 0 Å². The molecule has 1 unspecified atom stereocenters. The second kappa shape index (κ2) is 9.03. The molecule has 1 atom stereocenters. The minimum Gasteiger partial charge on any atom is -0.386 e. The van der Waals surface area contributed by atoms with Gasteiger partial charge in [0.25, 0.3) is 5.24 Å². The third-order valence-electron chi connectivity index (χ3n) is 4.55. The highest BCUT2D eigenvalue weighted by Gasteiger charge is 2.58. The highest BCUT2D eigenvalue weighted by atomic mass is 35.5. The van der Waals surface area contributed by atoms with Crippen LogP contribution in [0.4, 0.5) is 4.79 Å². The van der Waals surface area contributed by atoms with Crippen LogP contribution in [0.25, 0.3) is 0 Å². The van der Waals surface area contributed by atoms with E-state index in [9.17, 15) is 9.90 Å². The van der Waals surface area contributed by atoms with E-state index in [1.807, 2.05) is 32.0 Å². The van der Waals surface area contributed by atoms with E-state index in [0.29, 0.717) is 29.4 Å². The fraction of sp³-hybridized carbons (Fsp3) is 0.526. The Morgan fingerprint density at radius 3 is 2.71 bits per heavy atom. The summed E-state index contributed by atoms with van der Waals surface area (Å²) in [6.45, 7) is 3.89. The molecule has 1 fully saturated rings. The summed E-state index contributed by atoms with van der Waals surface area (Å²) in [6.07, 6.45) is 3.08. The summed E-state index contributed by atoms with van der Waals surface area (Å²) in [5.41, 5.74) is -0.447. The van der Waals surface area contributed by atoms with Crippen molar-refractivity contribution in [1.82, 2.24) is 20.1 Å². The minimum absolute atomic E-state index is 0. The lowest BCUT2D eigenvalue weighted by molar-refractivity contribution is 0.00526. The molecule has 0 radical (unpaired) electrons. The SMILES string of the molecule is C.CC(C)NC(=O)Sc1ncnn1CC(O)(Cc1ccccc1Cl)C1(Cl)CC1. The topological polar surface area (TPSA) is 80.0 Å². The number of nitrogens with zero attached hydrogens (tertiary/aromatic N) is 3.